The summed E-state index contributed by atoms with van der Waals surface area (Å²) in [6.45, 7) is 0. The van der Waals surface area contributed by atoms with Gasteiger partial charge in [0.25, 0.3) is 0 Å². The molecule has 2 aliphatic heterocycles. The Labute approximate surface area is 287 Å². The van der Waals surface area contributed by atoms with Gasteiger partial charge in [-0.2, -0.15) is 0 Å². The molecule has 12 rings (SSSR count). The standard InChI is InChI=1S/C48H26O2/c1-3-12-41-35(7-1)39-10-5-9-37-34(21-22-44(50-41)47(37)39)32-25-29-17-15-27-23-31(24-28-16-18-30(26-32)46(29)45(27)28)33-19-20-40-36-8-2-4-13-42(36)49-43-14-6-11-38(33)48(40)43/h1-26H. The van der Waals surface area contributed by atoms with Gasteiger partial charge in [0, 0.05) is 21.9 Å². The lowest BCUT2D eigenvalue weighted by Gasteiger charge is -2.23. The van der Waals surface area contributed by atoms with Crippen molar-refractivity contribution in [3.63, 3.8) is 0 Å². The summed E-state index contributed by atoms with van der Waals surface area (Å²) in [6.07, 6.45) is 0. The van der Waals surface area contributed by atoms with Crippen LogP contribution < -0.4 is 9.47 Å². The second kappa shape index (κ2) is 9.49. The molecule has 0 unspecified atom stereocenters. The molecule has 10 aromatic rings. The van der Waals surface area contributed by atoms with E-state index >= 15 is 0 Å². The summed E-state index contributed by atoms with van der Waals surface area (Å²) >= 11 is 0. The van der Waals surface area contributed by atoms with Gasteiger partial charge in [0.15, 0.2) is 0 Å². The van der Waals surface area contributed by atoms with Gasteiger partial charge in [0.05, 0.1) is 0 Å². The van der Waals surface area contributed by atoms with E-state index < -0.39 is 0 Å². The first kappa shape index (κ1) is 26.3. The Bertz CT molecular complexity index is 2870. The van der Waals surface area contributed by atoms with Crippen molar-refractivity contribution in [2.45, 2.75) is 0 Å². The van der Waals surface area contributed by atoms with Crippen molar-refractivity contribution in [3.05, 3.63) is 158 Å². The molecule has 0 bridgehead atoms. The van der Waals surface area contributed by atoms with Crippen LogP contribution in [0.2, 0.25) is 0 Å². The Morgan fingerprint density at radius 2 is 0.660 bits per heavy atom. The highest BCUT2D eigenvalue weighted by atomic mass is 16.5. The Morgan fingerprint density at radius 1 is 0.260 bits per heavy atom. The number of fused-ring (bicyclic) bond motifs is 4. The molecular formula is C48H26O2. The summed E-state index contributed by atoms with van der Waals surface area (Å²) in [7, 11) is 0. The molecule has 0 aromatic heterocycles. The molecule has 2 nitrogen and oxygen atoms in total. The average Bonchev–Trinajstić information content (AvgIpc) is 3.17. The maximum absolute atomic E-state index is 6.39. The van der Waals surface area contributed by atoms with Crippen molar-refractivity contribution in [3.8, 4) is 67.5 Å². The van der Waals surface area contributed by atoms with Gasteiger partial charge in [0.1, 0.15) is 23.0 Å². The molecule has 2 heterocycles. The van der Waals surface area contributed by atoms with Crippen molar-refractivity contribution in [2.75, 3.05) is 0 Å². The molecule has 0 radical (unpaired) electrons. The lowest BCUT2D eigenvalue weighted by atomic mass is 9.86. The minimum atomic E-state index is 0.912. The second-order valence-electron chi connectivity index (χ2n) is 13.6. The summed E-state index contributed by atoms with van der Waals surface area (Å²) in [5.41, 5.74) is 9.60. The van der Waals surface area contributed by atoms with Crippen LogP contribution in [0.1, 0.15) is 0 Å². The fraction of sp³-hybridized carbons (Fsp3) is 0. The van der Waals surface area contributed by atoms with E-state index in [1.807, 2.05) is 12.1 Å². The van der Waals surface area contributed by atoms with E-state index in [9.17, 15) is 0 Å². The molecule has 0 N–H and O–H groups in total. The molecule has 2 aliphatic rings. The predicted molar refractivity (Wildman–Crippen MR) is 207 cm³/mol. The number of para-hydroxylation sites is 2. The Balaban J connectivity index is 1.03. The van der Waals surface area contributed by atoms with Crippen molar-refractivity contribution in [1.29, 1.82) is 0 Å². The molecule has 0 saturated heterocycles. The third-order valence-electron chi connectivity index (χ3n) is 11.0. The van der Waals surface area contributed by atoms with E-state index in [0.29, 0.717) is 0 Å². The third kappa shape index (κ3) is 3.47. The van der Waals surface area contributed by atoms with Gasteiger partial charge >= 0.3 is 0 Å². The zero-order valence-electron chi connectivity index (χ0n) is 26.8. The van der Waals surface area contributed by atoms with Crippen LogP contribution in [0, 0.1) is 0 Å². The van der Waals surface area contributed by atoms with Gasteiger partial charge in [-0.3, -0.25) is 0 Å². The normalized spacial score (nSPS) is 12.7. The fourth-order valence-corrected chi connectivity index (χ4v) is 8.81. The van der Waals surface area contributed by atoms with Crippen LogP contribution in [0.5, 0.6) is 23.0 Å². The first-order valence-corrected chi connectivity index (χ1v) is 17.2. The Morgan fingerprint density at radius 3 is 1.22 bits per heavy atom. The van der Waals surface area contributed by atoms with Gasteiger partial charge in [0.2, 0.25) is 0 Å². The van der Waals surface area contributed by atoms with Crippen LogP contribution >= 0.6 is 0 Å². The summed E-state index contributed by atoms with van der Waals surface area (Å²) in [4.78, 5) is 0. The van der Waals surface area contributed by atoms with Crippen molar-refractivity contribution >= 4 is 53.9 Å². The molecule has 230 valence electrons. The highest BCUT2D eigenvalue weighted by Gasteiger charge is 2.23. The zero-order chi connectivity index (χ0) is 32.5. The summed E-state index contributed by atoms with van der Waals surface area (Å²) < 4.78 is 12.8. The summed E-state index contributed by atoms with van der Waals surface area (Å²) in [5.74, 6) is 3.66. The lowest BCUT2D eigenvalue weighted by molar-refractivity contribution is 0.487. The van der Waals surface area contributed by atoms with Crippen LogP contribution in [-0.2, 0) is 0 Å². The topological polar surface area (TPSA) is 18.5 Å². The Kier molecular flexibility index (Phi) is 5.00. The van der Waals surface area contributed by atoms with Crippen molar-refractivity contribution in [2.24, 2.45) is 0 Å². The van der Waals surface area contributed by atoms with Crippen LogP contribution in [0.25, 0.3) is 98.4 Å². The van der Waals surface area contributed by atoms with E-state index in [1.165, 1.54) is 87.2 Å². The van der Waals surface area contributed by atoms with Gasteiger partial charge in [-0.25, -0.2) is 0 Å². The summed E-state index contributed by atoms with van der Waals surface area (Å²) in [6, 6.07) is 57.2. The molecule has 0 aliphatic carbocycles. The molecule has 0 saturated carbocycles. The van der Waals surface area contributed by atoms with Crippen LogP contribution in [0.15, 0.2) is 158 Å². The van der Waals surface area contributed by atoms with Gasteiger partial charge in [-0.05, 0) is 125 Å². The van der Waals surface area contributed by atoms with Crippen LogP contribution in [-0.4, -0.2) is 0 Å². The Hall–Kier alpha value is -6.64. The molecule has 0 amide bonds. The van der Waals surface area contributed by atoms with Crippen molar-refractivity contribution in [1.82, 2.24) is 0 Å². The smallest absolute Gasteiger partial charge is 0.135 e. The van der Waals surface area contributed by atoms with E-state index in [2.05, 4.69) is 146 Å². The van der Waals surface area contributed by atoms with E-state index in [-0.39, 0.29) is 0 Å². The number of rotatable bonds is 2. The third-order valence-corrected chi connectivity index (χ3v) is 11.0. The largest absolute Gasteiger partial charge is 0.456 e. The van der Waals surface area contributed by atoms with Crippen LogP contribution in [0.4, 0.5) is 0 Å². The molecule has 0 atom stereocenters. The van der Waals surface area contributed by atoms with E-state index in [0.717, 1.165) is 34.1 Å². The van der Waals surface area contributed by atoms with Crippen LogP contribution in [0.3, 0.4) is 0 Å². The minimum absolute atomic E-state index is 0.912. The number of ether oxygens (including phenoxy) is 2. The quantitative estimate of drug-likeness (QED) is 0.176. The van der Waals surface area contributed by atoms with Crippen molar-refractivity contribution < 1.29 is 9.47 Å². The van der Waals surface area contributed by atoms with Gasteiger partial charge in [-0.15, -0.1) is 0 Å². The first-order valence-electron chi connectivity index (χ1n) is 17.2. The number of benzene rings is 10. The highest BCUT2D eigenvalue weighted by molar-refractivity contribution is 6.25. The van der Waals surface area contributed by atoms with Gasteiger partial charge in [-0.1, -0.05) is 109 Å². The molecule has 2 heteroatoms. The zero-order valence-corrected chi connectivity index (χ0v) is 26.8. The molecule has 0 fully saturated rings. The minimum Gasteiger partial charge on any atom is -0.456 e. The van der Waals surface area contributed by atoms with E-state index in [1.54, 1.807) is 0 Å². The predicted octanol–water partition coefficient (Wildman–Crippen LogP) is 13.8. The molecule has 10 aromatic carbocycles. The maximum atomic E-state index is 6.39. The maximum Gasteiger partial charge on any atom is 0.135 e. The first-order chi connectivity index (χ1) is 24.8. The fourth-order valence-electron chi connectivity index (χ4n) is 8.81. The monoisotopic (exact) mass is 634 g/mol. The molecular weight excluding hydrogens is 609 g/mol. The molecule has 50 heavy (non-hydrogen) atoms. The number of hydrogen-bond donors (Lipinski definition) is 0. The highest BCUT2D eigenvalue weighted by Crippen LogP contribution is 2.51. The second-order valence-corrected chi connectivity index (χ2v) is 13.6. The molecule has 0 spiro atoms. The SMILES string of the molecule is c1ccc2c(c1)Oc1ccc(-c3cc4ccc5cc(-c6ccc7c8c(cccc68)Oc6ccccc6-7)cc6ccc(c3)c4c56)c3cccc-2c13. The average molecular weight is 635 g/mol. The van der Waals surface area contributed by atoms with Gasteiger partial charge < -0.3 is 9.47 Å². The summed E-state index contributed by atoms with van der Waals surface area (Å²) in [5, 5.41) is 12.4. The number of hydrogen-bond acceptors (Lipinski definition) is 2. The van der Waals surface area contributed by atoms with E-state index in [4.69, 9.17) is 9.47 Å². The lowest BCUT2D eigenvalue weighted by Crippen LogP contribution is -1.97.